The maximum atomic E-state index is 13.9. The van der Waals surface area contributed by atoms with Crippen LogP contribution in [0.1, 0.15) is 103 Å². The molecule has 3 aromatic rings. The molecule has 0 spiro atoms. The van der Waals surface area contributed by atoms with Crippen LogP contribution in [0.3, 0.4) is 0 Å². The Labute approximate surface area is 483 Å². The van der Waals surface area contributed by atoms with Crippen molar-refractivity contribution in [2.24, 2.45) is 0 Å². The van der Waals surface area contributed by atoms with E-state index in [1.807, 2.05) is 0 Å². The summed E-state index contributed by atoms with van der Waals surface area (Å²) >= 11 is 5.51. The van der Waals surface area contributed by atoms with E-state index in [2.05, 4.69) is 23.6 Å². The van der Waals surface area contributed by atoms with E-state index in [9.17, 15) is 101 Å². The van der Waals surface area contributed by atoms with Crippen LogP contribution in [0, 0.1) is 13.0 Å². The minimum Gasteiger partial charge on any atom is -0.342 e. The number of rotatable bonds is 30. The molecule has 0 bridgehead atoms. The minimum atomic E-state index is -5.20. The van der Waals surface area contributed by atoms with E-state index in [1.165, 1.54) is 37.3 Å². The van der Waals surface area contributed by atoms with Gasteiger partial charge in [0, 0.05) is 5.75 Å². The molecule has 10 N–H and O–H groups in total. The first-order chi connectivity index (χ1) is 37.3. The number of benzene rings is 3. The van der Waals surface area contributed by atoms with E-state index in [-0.39, 0.29) is 107 Å². The number of hydrogen-bond donors (Lipinski definition) is 10. The standard InChI is InChI=1S/C43H54N3O22S6.C3H7O3S.Ni/c1-42(17-8-22-69(51,52)53,34-14-12-29(40(49)44-19-24-71(57,58)59)26-33(34)41(50)45-20-25-72(60,61)62)16-7-5-10-37-43(2,18-6-3-4-11-38(47)48)39-32-27-30(73(63,64)65)28-36(74(66,67)68)31(32)13-15-35(39)46(37)21-9-23-70(54,55)56;1-2-3-7(4,5)6;/h5,7,10,12-13,15,26-28H,3-4,6,8-9,11,17-25H2,1-2H3,(H,44,49)(H,45,50)(H,47,48)(H,51,52,53)(H,54,55,56)(H,57,58,59)(H,60,61,62)(H,63,64,65)(H,66,67,68);1-3H2,(H,4,5,6);/q2*-1;/b7-5+,37-10+;;. The second kappa shape index (κ2) is 28.5. The van der Waals surface area contributed by atoms with Gasteiger partial charge in [0.15, 0.2) is 0 Å². The van der Waals surface area contributed by atoms with Gasteiger partial charge in [-0.3, -0.25) is 9.35 Å². The van der Waals surface area contributed by atoms with Crippen molar-refractivity contribution in [2.45, 2.75) is 92.3 Å². The Hall–Kier alpha value is -4.66. The minimum absolute atomic E-state index is 0.0619. The Bertz CT molecular complexity index is 3820. The molecule has 3 aromatic carbocycles. The van der Waals surface area contributed by atoms with Crippen LogP contribution in [0.2, 0.25) is 0 Å². The molecule has 1 aliphatic heterocycles. The van der Waals surface area contributed by atoms with E-state index in [0.717, 1.165) is 18.2 Å². The Kier molecular flexibility index (Phi) is 24.9. The number of fused-ring (bicyclic) bond motifs is 3. The predicted octanol–water partition coefficient (Wildman–Crippen LogP) is 2.64. The molecule has 0 aliphatic carbocycles. The Morgan fingerprint density at radius 2 is 1.24 bits per heavy atom. The van der Waals surface area contributed by atoms with Crippen molar-refractivity contribution in [2.75, 3.05) is 53.3 Å². The zero-order valence-electron chi connectivity index (χ0n) is 43.6. The van der Waals surface area contributed by atoms with Crippen molar-refractivity contribution in [3.05, 3.63) is 95.6 Å². The Morgan fingerprint density at radius 1 is 0.695 bits per heavy atom. The molecule has 82 heavy (non-hydrogen) atoms. The van der Waals surface area contributed by atoms with Gasteiger partial charge in [0.05, 0.1) is 0 Å². The molecule has 0 fully saturated rings. The van der Waals surface area contributed by atoms with E-state index >= 15 is 0 Å². The first-order valence-electron chi connectivity index (χ1n) is 24.0. The second-order valence-corrected chi connectivity index (χ2v) is 30.1. The molecular weight excluding hydrogens is 1280 g/mol. The third-order valence-electron chi connectivity index (χ3n) is 12.4. The van der Waals surface area contributed by atoms with Crippen molar-refractivity contribution < 1.29 is 125 Å². The van der Waals surface area contributed by atoms with E-state index in [0.29, 0.717) is 12.5 Å². The molecule has 0 radical (unpaired) electrons. The van der Waals surface area contributed by atoms with Gasteiger partial charge in [-0.2, -0.15) is 14.8 Å². The number of anilines is 1. The molecule has 1 aliphatic rings. The molecule has 2 atom stereocenters. The Morgan fingerprint density at radius 3 is 1.74 bits per heavy atom. The summed E-state index contributed by atoms with van der Waals surface area (Å²) in [6.45, 7) is 4.87. The van der Waals surface area contributed by atoms with Crippen LogP contribution in [-0.4, -0.2) is 167 Å². The fourth-order valence-corrected chi connectivity index (χ4v) is 12.5. The first-order valence-corrected chi connectivity index (χ1v) is 35.4. The van der Waals surface area contributed by atoms with Crippen molar-refractivity contribution in [1.82, 2.24) is 10.6 Å². The van der Waals surface area contributed by atoms with Gasteiger partial charge in [-0.25, -0.2) is 0 Å². The fourth-order valence-electron chi connectivity index (χ4n) is 8.78. The van der Waals surface area contributed by atoms with Gasteiger partial charge in [-0.1, -0.05) is 0 Å². The number of aliphatic carboxylic acids is 1. The summed E-state index contributed by atoms with van der Waals surface area (Å²) in [5.74, 6) is -6.82. The molecule has 0 saturated heterocycles. The number of carboxylic acid groups (broad SMARTS) is 1. The van der Waals surface area contributed by atoms with Crippen molar-refractivity contribution in [3.8, 4) is 0 Å². The van der Waals surface area contributed by atoms with E-state index in [4.69, 9.17) is 24.1 Å². The second-order valence-electron chi connectivity index (χ2n) is 18.9. The number of nitrogens with zero attached hydrogens (tertiary/aromatic N) is 1. The van der Waals surface area contributed by atoms with Crippen LogP contribution >= 0.6 is 0 Å². The number of allylic oxidation sites excluding steroid dienone is 4. The molecule has 4 rings (SSSR count). The third kappa shape index (κ3) is 22.1. The maximum absolute atomic E-state index is 13.9. The molecule has 28 nitrogen and oxygen atoms in total. The van der Waals surface area contributed by atoms with Gasteiger partial charge in [0.2, 0.25) is 0 Å². The smallest absolute Gasteiger partial charge is 0.262 e. The quantitative estimate of drug-likeness (QED) is 0.0198. The number of carboxylic acids is 1. The summed E-state index contributed by atoms with van der Waals surface area (Å²) in [5.41, 5.74) is -3.17. The van der Waals surface area contributed by atoms with Crippen molar-refractivity contribution >= 4 is 110 Å². The van der Waals surface area contributed by atoms with Gasteiger partial charge in [0.1, 0.15) is 0 Å². The molecule has 2 amide bonds. The van der Waals surface area contributed by atoms with Gasteiger partial charge >= 0.3 is 435 Å². The average Bonchev–Trinajstić information content (AvgIpc) is 2.97. The average molecular weight is 1340 g/mol. The van der Waals surface area contributed by atoms with Crippen LogP contribution in [0.5, 0.6) is 0 Å². The molecule has 464 valence electrons. The van der Waals surface area contributed by atoms with Gasteiger partial charge in [-0.15, -0.1) is 0 Å². The predicted molar refractivity (Wildman–Crippen MR) is 294 cm³/mol. The number of amides is 2. The Balaban J connectivity index is 0.00000236. The zero-order chi connectivity index (χ0) is 62.7. The molecular formula is C46H61N3NiO25S7-2. The van der Waals surface area contributed by atoms with Gasteiger partial charge < -0.3 is 12.0 Å². The number of carbonyl (C=O) groups excluding carboxylic acids is 2. The molecule has 1 heterocycles. The third-order valence-corrected chi connectivity index (χ3v) is 18.7. The summed E-state index contributed by atoms with van der Waals surface area (Å²) in [4.78, 5) is 38.2. The number of unbranched alkanes of at least 4 members (excludes halogenated alkanes) is 2. The van der Waals surface area contributed by atoms with Crippen molar-refractivity contribution in [1.29, 1.82) is 0 Å². The first kappa shape index (κ1) is 71.6. The monoisotopic (exact) mass is 1340 g/mol. The number of nitrogens with one attached hydrogen (secondary N) is 2. The van der Waals surface area contributed by atoms with Crippen LogP contribution in [0.4, 0.5) is 5.69 Å². The van der Waals surface area contributed by atoms with Gasteiger partial charge in [0.25, 0.3) is 10.1 Å². The summed E-state index contributed by atoms with van der Waals surface area (Å²) in [5, 5.41) is 13.5. The fraction of sp³-hybridized carbons (Fsp3) is 0.457. The number of hydrogen-bond acceptors (Lipinski definition) is 18. The topological polar surface area (TPSA) is 479 Å². The van der Waals surface area contributed by atoms with Crippen LogP contribution in [-0.2, 0) is 101 Å². The summed E-state index contributed by atoms with van der Waals surface area (Å²) < 4.78 is 230. The van der Waals surface area contributed by atoms with Crippen LogP contribution < -0.4 is 15.5 Å². The molecule has 0 aromatic heterocycles. The summed E-state index contributed by atoms with van der Waals surface area (Å²) in [6, 6.07) is 9.06. The largest absolute Gasteiger partial charge is 0.342 e. The molecule has 2 unspecified atom stereocenters. The van der Waals surface area contributed by atoms with Crippen molar-refractivity contribution in [3.63, 3.8) is 0 Å². The molecule has 36 heteroatoms. The van der Waals surface area contributed by atoms with E-state index in [1.54, 1.807) is 11.8 Å². The summed E-state index contributed by atoms with van der Waals surface area (Å²) in [7, 11) is -32.4. The van der Waals surface area contributed by atoms with Gasteiger partial charge in [-0.05, 0) is 0 Å². The normalized spacial score (nSPS) is 16.6. The van der Waals surface area contributed by atoms with Crippen LogP contribution in [0.25, 0.3) is 10.8 Å². The summed E-state index contributed by atoms with van der Waals surface area (Å²) in [6.07, 6.45) is 4.20. The SMILES string of the molecule is CC(CCCS(=O)(=O)O)([C](=[Ni])/C=C/C=C1/N(CCCS(=O)(=O)O)c2ccc3c(S(=O)(=O)O)cc(S(=O)(=O)O)cc3c2C1(C)CCCCCC(=O)O)c1[c-]cc(C(=O)NCCS(=O)(=O)O)cc1C(=O)NCCS(=O)(=O)O.[CH2-]CCS(=O)(=O)O. The number of carbonyl (C=O) groups is 3. The zero-order valence-corrected chi connectivity index (χ0v) is 50.3. The van der Waals surface area contributed by atoms with E-state index < -0.39 is 151 Å². The molecule has 0 saturated carbocycles. The maximum Gasteiger partial charge on any atom is 0.262 e. The van der Waals surface area contributed by atoms with Crippen LogP contribution in [0.15, 0.2) is 70.1 Å².